The van der Waals surface area contributed by atoms with Crippen LogP contribution in [0.25, 0.3) is 80.7 Å². The lowest BCUT2D eigenvalue weighted by Crippen LogP contribution is -2.10. The number of fused-ring (bicyclic) bond motifs is 7. The molecule has 2 nitrogen and oxygen atoms in total. The van der Waals surface area contributed by atoms with E-state index in [2.05, 4.69) is 216 Å². The summed E-state index contributed by atoms with van der Waals surface area (Å²) < 4.78 is 5.02. The van der Waals surface area contributed by atoms with E-state index in [-0.39, 0.29) is 0 Å². The highest BCUT2D eigenvalue weighted by atomic mass is 32.1. The smallest absolute Gasteiger partial charge is 0.0542 e. The van der Waals surface area contributed by atoms with Crippen LogP contribution in [-0.4, -0.2) is 4.57 Å². The maximum atomic E-state index is 2.39. The number of anilines is 3. The molecule has 0 saturated heterocycles. The Hall–Kier alpha value is -6.94. The van der Waals surface area contributed by atoms with E-state index in [1.807, 2.05) is 11.3 Å². The number of nitrogens with zero attached hydrogens (tertiary/aromatic N) is 2. The Morgan fingerprint density at radius 3 is 1.76 bits per heavy atom. The lowest BCUT2D eigenvalue weighted by atomic mass is 10.0. The van der Waals surface area contributed by atoms with Gasteiger partial charge < -0.3 is 9.47 Å². The van der Waals surface area contributed by atoms with Gasteiger partial charge in [0.15, 0.2) is 0 Å². The second-order valence-corrected chi connectivity index (χ2v) is 15.3. The largest absolute Gasteiger partial charge is 0.310 e. The van der Waals surface area contributed by atoms with E-state index < -0.39 is 0 Å². The molecule has 2 aromatic heterocycles. The minimum absolute atomic E-state index is 1.11. The first kappa shape index (κ1) is 31.6. The second kappa shape index (κ2) is 12.9. The maximum Gasteiger partial charge on any atom is 0.0542 e. The summed E-state index contributed by atoms with van der Waals surface area (Å²) in [6.45, 7) is 0. The zero-order valence-electron chi connectivity index (χ0n) is 29.9. The van der Waals surface area contributed by atoms with Crippen molar-refractivity contribution in [1.82, 2.24) is 4.57 Å². The Kier molecular flexibility index (Phi) is 7.39. The van der Waals surface area contributed by atoms with Gasteiger partial charge >= 0.3 is 0 Å². The summed E-state index contributed by atoms with van der Waals surface area (Å²) in [6.07, 6.45) is 0. The minimum atomic E-state index is 1.11. The highest BCUT2D eigenvalue weighted by Gasteiger charge is 2.18. The van der Waals surface area contributed by atoms with Crippen LogP contribution in [-0.2, 0) is 0 Å². The maximum absolute atomic E-state index is 2.39. The predicted octanol–water partition coefficient (Wildman–Crippen LogP) is 15.1. The summed E-state index contributed by atoms with van der Waals surface area (Å²) in [5, 5.41) is 7.69. The van der Waals surface area contributed by atoms with Crippen LogP contribution >= 0.6 is 11.3 Å². The molecule has 9 aromatic carbocycles. The lowest BCUT2D eigenvalue weighted by molar-refractivity contribution is 1.18. The number of hydrogen-bond donors (Lipinski definition) is 0. The number of para-hydroxylation sites is 2. The first-order valence-electron chi connectivity index (χ1n) is 18.7. The van der Waals surface area contributed by atoms with Crippen LogP contribution < -0.4 is 4.90 Å². The first-order chi connectivity index (χ1) is 27.2. The number of aromatic nitrogens is 1. The van der Waals surface area contributed by atoms with Crippen molar-refractivity contribution in [2.45, 2.75) is 0 Å². The summed E-state index contributed by atoms with van der Waals surface area (Å²) in [5.41, 5.74) is 11.7. The summed E-state index contributed by atoms with van der Waals surface area (Å²) in [5.74, 6) is 0. The van der Waals surface area contributed by atoms with Crippen molar-refractivity contribution >= 4 is 81.1 Å². The minimum Gasteiger partial charge on any atom is -0.310 e. The Bertz CT molecular complexity index is 3190. The van der Waals surface area contributed by atoms with Gasteiger partial charge in [0, 0.05) is 53.7 Å². The number of rotatable bonds is 6. The quantitative estimate of drug-likeness (QED) is 0.166. The molecule has 0 amide bonds. The molecule has 11 aromatic rings. The van der Waals surface area contributed by atoms with Gasteiger partial charge in [-0.15, -0.1) is 11.3 Å². The van der Waals surface area contributed by atoms with E-state index in [0.717, 1.165) is 22.7 Å². The molecule has 0 N–H and O–H groups in total. The van der Waals surface area contributed by atoms with Crippen molar-refractivity contribution in [1.29, 1.82) is 0 Å². The van der Waals surface area contributed by atoms with Crippen LogP contribution in [0, 0.1) is 0 Å². The fourth-order valence-corrected chi connectivity index (χ4v) is 9.48. The molecule has 55 heavy (non-hydrogen) atoms. The Labute approximate surface area is 323 Å². The summed E-state index contributed by atoms with van der Waals surface area (Å²) in [6, 6.07) is 75.2. The van der Waals surface area contributed by atoms with Crippen LogP contribution in [0.3, 0.4) is 0 Å². The van der Waals surface area contributed by atoms with Crippen molar-refractivity contribution in [3.05, 3.63) is 206 Å². The average Bonchev–Trinajstić information content (AvgIpc) is 3.78. The second-order valence-electron chi connectivity index (χ2n) is 14.2. The highest BCUT2D eigenvalue weighted by molar-refractivity contribution is 7.25. The van der Waals surface area contributed by atoms with Crippen LogP contribution in [0.5, 0.6) is 0 Å². The van der Waals surface area contributed by atoms with Gasteiger partial charge in [0.05, 0.1) is 11.0 Å². The molecule has 258 valence electrons. The van der Waals surface area contributed by atoms with Gasteiger partial charge in [-0.3, -0.25) is 0 Å². The van der Waals surface area contributed by atoms with E-state index in [9.17, 15) is 0 Å². The summed E-state index contributed by atoms with van der Waals surface area (Å²) >= 11 is 1.88. The third kappa shape index (κ3) is 5.40. The first-order valence-corrected chi connectivity index (χ1v) is 19.6. The lowest BCUT2D eigenvalue weighted by Gasteiger charge is -2.26. The van der Waals surface area contributed by atoms with Gasteiger partial charge in [-0.2, -0.15) is 0 Å². The molecule has 0 unspecified atom stereocenters. The molecule has 0 spiro atoms. The van der Waals surface area contributed by atoms with Gasteiger partial charge in [0.1, 0.15) is 0 Å². The molecule has 0 bridgehead atoms. The van der Waals surface area contributed by atoms with E-state index in [0.29, 0.717) is 0 Å². The Morgan fingerprint density at radius 2 is 0.927 bits per heavy atom. The number of hydrogen-bond acceptors (Lipinski definition) is 2. The molecular weight excluding hydrogens is 685 g/mol. The van der Waals surface area contributed by atoms with Gasteiger partial charge in [0.25, 0.3) is 0 Å². The van der Waals surface area contributed by atoms with Gasteiger partial charge in [-0.25, -0.2) is 0 Å². The van der Waals surface area contributed by atoms with E-state index in [1.54, 1.807) is 0 Å². The summed E-state index contributed by atoms with van der Waals surface area (Å²) in [4.78, 5) is 2.39. The molecule has 0 saturated carbocycles. The van der Waals surface area contributed by atoms with Crippen LogP contribution in [0.1, 0.15) is 0 Å². The van der Waals surface area contributed by atoms with Crippen LogP contribution in [0.4, 0.5) is 17.1 Å². The topological polar surface area (TPSA) is 8.17 Å². The predicted molar refractivity (Wildman–Crippen MR) is 237 cm³/mol. The number of benzene rings is 9. The summed E-state index contributed by atoms with van der Waals surface area (Å²) in [7, 11) is 0. The average molecular weight is 719 g/mol. The molecule has 0 aliphatic heterocycles. The molecule has 11 rings (SSSR count). The molecule has 3 heteroatoms. The van der Waals surface area contributed by atoms with Crippen molar-refractivity contribution in [2.75, 3.05) is 4.90 Å². The Balaban J connectivity index is 1.04. The third-order valence-electron chi connectivity index (χ3n) is 10.9. The van der Waals surface area contributed by atoms with E-state index in [4.69, 9.17) is 0 Å². The highest BCUT2D eigenvalue weighted by Crippen LogP contribution is 2.42. The third-order valence-corrected chi connectivity index (χ3v) is 12.1. The monoisotopic (exact) mass is 718 g/mol. The zero-order valence-corrected chi connectivity index (χ0v) is 30.7. The Morgan fingerprint density at radius 1 is 0.327 bits per heavy atom. The van der Waals surface area contributed by atoms with Crippen molar-refractivity contribution in [2.24, 2.45) is 0 Å². The zero-order chi connectivity index (χ0) is 36.3. The van der Waals surface area contributed by atoms with Gasteiger partial charge in [-0.1, -0.05) is 127 Å². The van der Waals surface area contributed by atoms with Crippen molar-refractivity contribution < 1.29 is 0 Å². The fraction of sp³-hybridized carbons (Fsp3) is 0. The van der Waals surface area contributed by atoms with Crippen LogP contribution in [0.2, 0.25) is 0 Å². The molecule has 0 fully saturated rings. The standard InChI is InChI=1S/C52H34N2S/c1-3-12-35(13-4-1)37-16-11-19-43(30-37)53(44-27-29-50-47(34-44)45-20-9-10-21-49(45)54(50)41-17-5-2-6-18-41)42-25-22-36(23-26-42)40-24-28-46-48-31-38-14-7-8-15-39(38)32-52(48)55-51(46)33-40/h1-34H. The molecule has 2 heterocycles. The SMILES string of the molecule is c1ccc(-c2cccc(N(c3ccc(-c4ccc5c(c4)sc4cc6ccccc6cc45)cc3)c3ccc4c(c3)c3ccccc3n4-c3ccccc3)c2)cc1. The molecular formula is C52H34N2S. The van der Waals surface area contributed by atoms with Crippen LogP contribution in [0.15, 0.2) is 206 Å². The van der Waals surface area contributed by atoms with Crippen molar-refractivity contribution in [3.63, 3.8) is 0 Å². The molecule has 0 radical (unpaired) electrons. The van der Waals surface area contributed by atoms with Gasteiger partial charge in [0.2, 0.25) is 0 Å². The van der Waals surface area contributed by atoms with E-state index >= 15 is 0 Å². The molecule has 0 aliphatic carbocycles. The number of thiophene rings is 1. The normalized spacial score (nSPS) is 11.6. The molecule has 0 aliphatic rings. The van der Waals surface area contributed by atoms with Gasteiger partial charge in [-0.05, 0) is 112 Å². The fourth-order valence-electron chi connectivity index (χ4n) is 8.30. The van der Waals surface area contributed by atoms with Crippen molar-refractivity contribution in [3.8, 4) is 27.9 Å². The molecule has 0 atom stereocenters. The van der Waals surface area contributed by atoms with E-state index in [1.165, 1.54) is 75.0 Å².